The molecule has 0 radical (unpaired) electrons. The van der Waals surface area contributed by atoms with E-state index in [1.165, 1.54) is 25.7 Å². The van der Waals surface area contributed by atoms with Crippen molar-refractivity contribution in [3.05, 3.63) is 46.7 Å². The van der Waals surface area contributed by atoms with Crippen molar-refractivity contribution in [1.82, 2.24) is 9.97 Å². The fraction of sp³-hybridized carbons (Fsp3) is 0.389. The Morgan fingerprint density at radius 1 is 1.17 bits per heavy atom. The van der Waals surface area contributed by atoms with E-state index in [2.05, 4.69) is 14.9 Å². The Morgan fingerprint density at radius 2 is 1.88 bits per heavy atom. The van der Waals surface area contributed by atoms with Crippen molar-refractivity contribution in [3.63, 3.8) is 0 Å². The number of nitrogen functional groups attached to an aromatic ring is 1. The Hall–Kier alpha value is -2.14. The maximum Gasteiger partial charge on any atom is 0.154 e. The van der Waals surface area contributed by atoms with E-state index in [0.717, 1.165) is 18.9 Å². The van der Waals surface area contributed by atoms with Gasteiger partial charge in [0.2, 0.25) is 0 Å². The zero-order valence-corrected chi connectivity index (χ0v) is 14.2. The van der Waals surface area contributed by atoms with E-state index in [0.29, 0.717) is 21.7 Å². The summed E-state index contributed by atoms with van der Waals surface area (Å²) < 4.78 is 0. The molecule has 1 saturated carbocycles. The third-order valence-corrected chi connectivity index (χ3v) is 5.60. The van der Waals surface area contributed by atoms with E-state index < -0.39 is 0 Å². The lowest BCUT2D eigenvalue weighted by atomic mass is 9.94. The molecule has 5 nitrogen and oxygen atoms in total. The van der Waals surface area contributed by atoms with Gasteiger partial charge < -0.3 is 10.6 Å². The molecule has 3 N–H and O–H groups in total. The minimum absolute atomic E-state index is 0.202. The average molecular weight is 342 g/mol. The number of benzene rings is 1. The van der Waals surface area contributed by atoms with E-state index >= 15 is 0 Å². The van der Waals surface area contributed by atoms with Gasteiger partial charge in [-0.05, 0) is 37.2 Å². The number of nitrogens with two attached hydrogens (primary N) is 1. The summed E-state index contributed by atoms with van der Waals surface area (Å²) in [6, 6.07) is 7.22. The molecule has 2 fully saturated rings. The summed E-state index contributed by atoms with van der Waals surface area (Å²) in [5, 5.41) is 8.86. The van der Waals surface area contributed by atoms with Crippen LogP contribution in [0.4, 0.5) is 11.6 Å². The minimum atomic E-state index is 0.202. The quantitative estimate of drug-likeness (QED) is 0.837. The molecule has 1 aliphatic heterocycles. The van der Waals surface area contributed by atoms with Crippen LogP contribution in [0.2, 0.25) is 5.02 Å². The Labute approximate surface area is 146 Å². The highest BCUT2D eigenvalue weighted by Crippen LogP contribution is 2.53. The molecule has 6 heteroatoms. The van der Waals surface area contributed by atoms with Crippen molar-refractivity contribution < 1.29 is 0 Å². The van der Waals surface area contributed by atoms with Gasteiger partial charge in [-0.15, -0.1) is 0 Å². The number of hydrogen-bond acceptors (Lipinski definition) is 5. The van der Waals surface area contributed by atoms with Crippen LogP contribution in [0.3, 0.4) is 0 Å². The maximum absolute atomic E-state index is 8.35. The lowest BCUT2D eigenvalue weighted by Crippen LogP contribution is -2.35. The number of halogens is 1. The van der Waals surface area contributed by atoms with E-state index in [1.54, 1.807) is 18.3 Å². The van der Waals surface area contributed by atoms with Crippen LogP contribution in [0, 0.1) is 10.8 Å². The molecule has 0 amide bonds. The topological polar surface area (TPSA) is 78.9 Å². The van der Waals surface area contributed by atoms with Gasteiger partial charge in [-0.2, -0.15) is 0 Å². The van der Waals surface area contributed by atoms with Gasteiger partial charge in [-0.3, -0.25) is 5.41 Å². The molecular formula is C18H20ClN5. The molecule has 24 heavy (non-hydrogen) atoms. The fourth-order valence-electron chi connectivity index (χ4n) is 3.42. The van der Waals surface area contributed by atoms with Crippen LogP contribution in [0.15, 0.2) is 30.5 Å². The van der Waals surface area contributed by atoms with Gasteiger partial charge in [-0.1, -0.05) is 29.8 Å². The van der Waals surface area contributed by atoms with Gasteiger partial charge in [0.1, 0.15) is 11.5 Å². The second-order valence-corrected chi connectivity index (χ2v) is 7.21. The fourth-order valence-corrected chi connectivity index (χ4v) is 3.65. The van der Waals surface area contributed by atoms with Crippen LogP contribution in [-0.2, 0) is 0 Å². The molecule has 1 aromatic carbocycles. The van der Waals surface area contributed by atoms with Crippen molar-refractivity contribution in [2.24, 2.45) is 5.41 Å². The molecular weight excluding hydrogens is 322 g/mol. The standard InChI is InChI=1S/C18H20ClN5/c19-13-4-2-1-3-12(13)15(20)16-17(21)23-14(11-22-16)24-9-7-18(5-6-18)8-10-24/h1-4,11,20H,5-10H2,(H2,21,23). The molecule has 0 bridgehead atoms. The summed E-state index contributed by atoms with van der Waals surface area (Å²) in [5.41, 5.74) is 7.92. The third-order valence-electron chi connectivity index (χ3n) is 5.27. The van der Waals surface area contributed by atoms with Crippen LogP contribution < -0.4 is 10.6 Å². The number of aromatic nitrogens is 2. The van der Waals surface area contributed by atoms with E-state index in [9.17, 15) is 0 Å². The predicted octanol–water partition coefficient (Wildman–Crippen LogP) is 3.51. The lowest BCUT2D eigenvalue weighted by molar-refractivity contribution is 0.383. The molecule has 2 aliphatic rings. The molecule has 1 spiro atoms. The van der Waals surface area contributed by atoms with E-state index in [-0.39, 0.29) is 11.5 Å². The molecule has 124 valence electrons. The Morgan fingerprint density at radius 3 is 2.50 bits per heavy atom. The van der Waals surface area contributed by atoms with Crippen LogP contribution in [0.25, 0.3) is 0 Å². The van der Waals surface area contributed by atoms with Crippen LogP contribution in [0.1, 0.15) is 36.9 Å². The molecule has 1 aliphatic carbocycles. The van der Waals surface area contributed by atoms with E-state index in [4.69, 9.17) is 22.7 Å². The largest absolute Gasteiger partial charge is 0.382 e. The molecule has 0 unspecified atom stereocenters. The normalized spacial score (nSPS) is 18.6. The Kier molecular flexibility index (Phi) is 3.68. The first-order chi connectivity index (χ1) is 11.6. The SMILES string of the molecule is N=C(c1ccccc1Cl)c1ncc(N2CCC3(CC2)CC3)nc1N. The second-order valence-electron chi connectivity index (χ2n) is 6.80. The first-order valence-corrected chi connectivity index (χ1v) is 8.67. The number of nitrogens with zero attached hydrogens (tertiary/aromatic N) is 3. The minimum Gasteiger partial charge on any atom is -0.382 e. The number of nitrogens with one attached hydrogen (secondary N) is 1. The Balaban J connectivity index is 1.56. The van der Waals surface area contributed by atoms with Crippen molar-refractivity contribution in [3.8, 4) is 0 Å². The van der Waals surface area contributed by atoms with Crippen LogP contribution >= 0.6 is 11.6 Å². The summed E-state index contributed by atoms with van der Waals surface area (Å²) in [4.78, 5) is 11.2. The number of rotatable bonds is 3. The third kappa shape index (κ3) is 2.73. The van der Waals surface area contributed by atoms with Gasteiger partial charge in [0.05, 0.1) is 16.9 Å². The molecule has 2 aromatic rings. The summed E-state index contributed by atoms with van der Waals surface area (Å²) in [5.74, 6) is 1.09. The predicted molar refractivity (Wildman–Crippen MR) is 96.9 cm³/mol. The van der Waals surface area contributed by atoms with E-state index in [1.807, 2.05) is 12.1 Å². The van der Waals surface area contributed by atoms with Crippen molar-refractivity contribution in [1.29, 1.82) is 5.41 Å². The van der Waals surface area contributed by atoms with Crippen molar-refractivity contribution >= 4 is 28.9 Å². The highest BCUT2D eigenvalue weighted by Gasteiger charge is 2.44. The monoisotopic (exact) mass is 341 g/mol. The molecule has 1 saturated heterocycles. The van der Waals surface area contributed by atoms with Gasteiger partial charge in [-0.25, -0.2) is 9.97 Å². The number of hydrogen-bond donors (Lipinski definition) is 2. The average Bonchev–Trinajstić information content (AvgIpc) is 3.34. The lowest BCUT2D eigenvalue weighted by Gasteiger charge is -2.32. The van der Waals surface area contributed by atoms with Gasteiger partial charge in [0, 0.05) is 18.7 Å². The van der Waals surface area contributed by atoms with Crippen molar-refractivity contribution in [2.45, 2.75) is 25.7 Å². The van der Waals surface area contributed by atoms with Gasteiger partial charge in [0.25, 0.3) is 0 Å². The summed E-state index contributed by atoms with van der Waals surface area (Å²) in [6.07, 6.45) is 6.94. The zero-order valence-electron chi connectivity index (χ0n) is 13.4. The number of anilines is 2. The highest BCUT2D eigenvalue weighted by atomic mass is 35.5. The first kappa shape index (κ1) is 15.4. The van der Waals surface area contributed by atoms with Crippen LogP contribution in [-0.4, -0.2) is 28.8 Å². The highest BCUT2D eigenvalue weighted by molar-refractivity contribution is 6.35. The smallest absolute Gasteiger partial charge is 0.154 e. The molecule has 2 heterocycles. The molecule has 1 aromatic heterocycles. The summed E-state index contributed by atoms with van der Waals surface area (Å²) in [7, 11) is 0. The van der Waals surface area contributed by atoms with Crippen molar-refractivity contribution in [2.75, 3.05) is 23.7 Å². The van der Waals surface area contributed by atoms with Gasteiger partial charge >= 0.3 is 0 Å². The van der Waals surface area contributed by atoms with Gasteiger partial charge in [0.15, 0.2) is 5.82 Å². The molecule has 0 atom stereocenters. The second kappa shape index (κ2) is 5.74. The number of piperidine rings is 1. The van der Waals surface area contributed by atoms with Crippen LogP contribution in [0.5, 0.6) is 0 Å². The summed E-state index contributed by atoms with van der Waals surface area (Å²) >= 11 is 6.17. The molecule has 4 rings (SSSR count). The maximum atomic E-state index is 8.35. The summed E-state index contributed by atoms with van der Waals surface area (Å²) in [6.45, 7) is 2.02. The zero-order chi connectivity index (χ0) is 16.7. The first-order valence-electron chi connectivity index (χ1n) is 8.29. The Bertz CT molecular complexity index is 790.